The Morgan fingerprint density at radius 1 is 1.24 bits per heavy atom. The summed E-state index contributed by atoms with van der Waals surface area (Å²) in [5.74, 6) is 0.213. The van der Waals surface area contributed by atoms with Gasteiger partial charge in [0.05, 0.1) is 11.0 Å². The van der Waals surface area contributed by atoms with Crippen LogP contribution in [0.4, 0.5) is 4.79 Å². The first kappa shape index (κ1) is 22.3. The predicted molar refractivity (Wildman–Crippen MR) is 127 cm³/mol. The number of aryl methyl sites for hydroxylation is 1. The summed E-state index contributed by atoms with van der Waals surface area (Å²) in [6.45, 7) is 5.34. The van der Waals surface area contributed by atoms with Crippen molar-refractivity contribution in [2.24, 2.45) is 0 Å². The molecule has 1 saturated heterocycles. The number of imide groups is 1. The SMILES string of the molecule is CC(=O)N(C(=O)O)C1CCN(Cc2coc3cc(Oc4nc5nc(C)ccc5s4)ccc23)CC1. The molecule has 9 nitrogen and oxygen atoms in total. The molecule has 1 aromatic carbocycles. The predicted octanol–water partition coefficient (Wildman–Crippen LogP) is 5.03. The summed E-state index contributed by atoms with van der Waals surface area (Å²) in [5, 5.41) is 10.9. The molecule has 0 spiro atoms. The number of benzene rings is 1. The van der Waals surface area contributed by atoms with Crippen molar-refractivity contribution >= 4 is 44.7 Å². The molecule has 1 N–H and O–H groups in total. The molecule has 4 aromatic rings. The number of hydrogen-bond donors (Lipinski definition) is 1. The summed E-state index contributed by atoms with van der Waals surface area (Å²) in [5.41, 5.74) is 3.38. The summed E-state index contributed by atoms with van der Waals surface area (Å²) >= 11 is 1.45. The van der Waals surface area contributed by atoms with Crippen LogP contribution >= 0.6 is 11.3 Å². The number of carbonyl (C=O) groups excluding carboxylic acids is 1. The van der Waals surface area contributed by atoms with Crippen LogP contribution in [0.5, 0.6) is 10.9 Å². The molecule has 5 rings (SSSR count). The molecule has 10 heteroatoms. The lowest BCUT2D eigenvalue weighted by atomic mass is 10.0. The van der Waals surface area contributed by atoms with E-state index >= 15 is 0 Å². The molecule has 0 aliphatic carbocycles. The van der Waals surface area contributed by atoms with E-state index in [4.69, 9.17) is 9.15 Å². The highest BCUT2D eigenvalue weighted by molar-refractivity contribution is 7.20. The van der Waals surface area contributed by atoms with Gasteiger partial charge in [0.15, 0.2) is 5.65 Å². The molecule has 3 aromatic heterocycles. The molecule has 1 aliphatic heterocycles. The van der Waals surface area contributed by atoms with E-state index in [1.54, 1.807) is 6.26 Å². The number of carbonyl (C=O) groups is 2. The number of rotatable bonds is 5. The third kappa shape index (κ3) is 4.46. The number of likely N-dealkylation sites (tertiary alicyclic amines) is 1. The minimum absolute atomic E-state index is 0.270. The monoisotopic (exact) mass is 480 g/mol. The zero-order valence-corrected chi connectivity index (χ0v) is 19.7. The molecule has 0 radical (unpaired) electrons. The van der Waals surface area contributed by atoms with Crippen molar-refractivity contribution < 1.29 is 23.8 Å². The Morgan fingerprint density at radius 2 is 2.03 bits per heavy atom. The lowest BCUT2D eigenvalue weighted by Gasteiger charge is -2.35. The molecule has 0 saturated carbocycles. The maximum absolute atomic E-state index is 11.7. The fourth-order valence-corrected chi connectivity index (χ4v) is 5.19. The van der Waals surface area contributed by atoms with Gasteiger partial charge < -0.3 is 14.3 Å². The third-order valence-electron chi connectivity index (χ3n) is 6.07. The van der Waals surface area contributed by atoms with Crippen molar-refractivity contribution in [3.05, 3.63) is 47.9 Å². The number of furan rings is 1. The van der Waals surface area contributed by atoms with Crippen molar-refractivity contribution in [3.63, 3.8) is 0 Å². The first-order valence-electron chi connectivity index (χ1n) is 11.0. The Labute approximate surface area is 199 Å². The number of hydrogen-bond acceptors (Lipinski definition) is 8. The van der Waals surface area contributed by atoms with Gasteiger partial charge in [-0.05, 0) is 44.0 Å². The molecule has 0 atom stereocenters. The standard InChI is InChI=1S/C24H24N4O5S/c1-14-3-6-21-22(25-14)26-23(34-21)33-18-4-5-19-16(13-32-20(19)11-18)12-27-9-7-17(8-10-27)28(15(2)29)24(30)31/h3-6,11,13,17H,7-10,12H2,1-2H3,(H,30,31). The van der Waals surface area contributed by atoms with E-state index in [9.17, 15) is 14.7 Å². The highest BCUT2D eigenvalue weighted by atomic mass is 32.1. The van der Waals surface area contributed by atoms with Gasteiger partial charge in [-0.2, -0.15) is 4.98 Å². The quantitative estimate of drug-likeness (QED) is 0.424. The lowest BCUT2D eigenvalue weighted by Crippen LogP contribution is -2.48. The second kappa shape index (κ2) is 9.03. The second-order valence-corrected chi connectivity index (χ2v) is 9.45. The van der Waals surface area contributed by atoms with E-state index < -0.39 is 12.0 Å². The molecule has 0 bridgehead atoms. The van der Waals surface area contributed by atoms with Crippen LogP contribution in [0.1, 0.15) is 31.0 Å². The Bertz CT molecular complexity index is 1360. The average molecular weight is 481 g/mol. The molecule has 34 heavy (non-hydrogen) atoms. The number of ether oxygens (including phenoxy) is 1. The zero-order valence-electron chi connectivity index (χ0n) is 18.9. The van der Waals surface area contributed by atoms with Crippen molar-refractivity contribution in [3.8, 4) is 10.9 Å². The van der Waals surface area contributed by atoms with Gasteiger partial charge in [-0.3, -0.25) is 9.69 Å². The maximum atomic E-state index is 11.7. The molecule has 2 amide bonds. The first-order chi connectivity index (χ1) is 16.4. The molecular weight excluding hydrogens is 456 g/mol. The van der Waals surface area contributed by atoms with E-state index in [1.165, 1.54) is 18.3 Å². The van der Waals surface area contributed by atoms with Crippen LogP contribution in [-0.2, 0) is 11.3 Å². The fourth-order valence-electron chi connectivity index (χ4n) is 4.41. The number of piperidine rings is 1. The van der Waals surface area contributed by atoms with Crippen LogP contribution in [0.15, 0.2) is 41.0 Å². The van der Waals surface area contributed by atoms with E-state index in [0.29, 0.717) is 49.1 Å². The van der Waals surface area contributed by atoms with Crippen LogP contribution in [0.2, 0.25) is 0 Å². The minimum Gasteiger partial charge on any atom is -0.465 e. The number of amides is 2. The number of nitrogens with zero attached hydrogens (tertiary/aromatic N) is 4. The average Bonchev–Trinajstić information content (AvgIpc) is 3.37. The molecule has 4 heterocycles. The van der Waals surface area contributed by atoms with Crippen LogP contribution < -0.4 is 4.74 Å². The second-order valence-electron chi connectivity index (χ2n) is 8.45. The topological polar surface area (TPSA) is 109 Å². The van der Waals surface area contributed by atoms with Gasteiger partial charge in [0.25, 0.3) is 5.19 Å². The summed E-state index contributed by atoms with van der Waals surface area (Å²) in [6.07, 6.45) is 1.82. The van der Waals surface area contributed by atoms with Crippen LogP contribution in [-0.4, -0.2) is 56.0 Å². The van der Waals surface area contributed by atoms with Gasteiger partial charge >= 0.3 is 6.09 Å². The fraction of sp³-hybridized carbons (Fsp3) is 0.333. The zero-order chi connectivity index (χ0) is 23.8. The van der Waals surface area contributed by atoms with E-state index in [0.717, 1.165) is 31.8 Å². The summed E-state index contributed by atoms with van der Waals surface area (Å²) < 4.78 is 12.7. The Balaban J connectivity index is 1.25. The number of pyridine rings is 1. The molecule has 1 fully saturated rings. The minimum atomic E-state index is -1.18. The smallest absolute Gasteiger partial charge is 0.414 e. The largest absolute Gasteiger partial charge is 0.465 e. The van der Waals surface area contributed by atoms with E-state index in [-0.39, 0.29) is 6.04 Å². The van der Waals surface area contributed by atoms with Crippen molar-refractivity contribution in [2.45, 2.75) is 39.3 Å². The van der Waals surface area contributed by atoms with Gasteiger partial charge in [-0.15, -0.1) is 0 Å². The van der Waals surface area contributed by atoms with Gasteiger partial charge in [0, 0.05) is 55.3 Å². The van der Waals surface area contributed by atoms with Gasteiger partial charge in [0.2, 0.25) is 5.91 Å². The summed E-state index contributed by atoms with van der Waals surface area (Å²) in [6, 6.07) is 9.41. The van der Waals surface area contributed by atoms with Gasteiger partial charge in [0.1, 0.15) is 11.3 Å². The summed E-state index contributed by atoms with van der Waals surface area (Å²) in [4.78, 5) is 35.2. The van der Waals surface area contributed by atoms with E-state index in [1.807, 2.05) is 37.3 Å². The normalized spacial score (nSPS) is 15.1. The number of thiazole rings is 1. The molecule has 0 unspecified atom stereocenters. The number of carboxylic acid groups (broad SMARTS) is 1. The van der Waals surface area contributed by atoms with Crippen molar-refractivity contribution in [1.29, 1.82) is 0 Å². The van der Waals surface area contributed by atoms with Gasteiger partial charge in [-0.25, -0.2) is 14.7 Å². The Kier molecular flexibility index (Phi) is 5.93. The summed E-state index contributed by atoms with van der Waals surface area (Å²) in [7, 11) is 0. The van der Waals surface area contributed by atoms with Crippen molar-refractivity contribution in [1.82, 2.24) is 19.8 Å². The Hall–Kier alpha value is -3.50. The maximum Gasteiger partial charge on any atom is 0.414 e. The van der Waals surface area contributed by atoms with E-state index in [2.05, 4.69) is 14.9 Å². The third-order valence-corrected chi connectivity index (χ3v) is 6.95. The highest BCUT2D eigenvalue weighted by Gasteiger charge is 2.30. The lowest BCUT2D eigenvalue weighted by molar-refractivity contribution is -0.129. The van der Waals surface area contributed by atoms with Crippen LogP contribution in [0, 0.1) is 6.92 Å². The molecule has 176 valence electrons. The molecule has 1 aliphatic rings. The number of fused-ring (bicyclic) bond motifs is 2. The van der Waals surface area contributed by atoms with Crippen LogP contribution in [0.25, 0.3) is 21.3 Å². The number of aromatic nitrogens is 2. The van der Waals surface area contributed by atoms with Crippen LogP contribution in [0.3, 0.4) is 0 Å². The van der Waals surface area contributed by atoms with Gasteiger partial charge in [-0.1, -0.05) is 11.3 Å². The highest BCUT2D eigenvalue weighted by Crippen LogP contribution is 2.33. The Morgan fingerprint density at radius 3 is 2.76 bits per heavy atom. The first-order valence-corrected chi connectivity index (χ1v) is 11.9. The molecular formula is C24H24N4O5S. The van der Waals surface area contributed by atoms with Crippen molar-refractivity contribution in [2.75, 3.05) is 13.1 Å².